The van der Waals surface area contributed by atoms with Crippen LogP contribution in [0.4, 0.5) is 0 Å². The molecule has 1 atom stereocenters. The van der Waals surface area contributed by atoms with Crippen LogP contribution in [-0.2, 0) is 14.0 Å². The highest BCUT2D eigenvalue weighted by Crippen LogP contribution is 2.36. The lowest BCUT2D eigenvalue weighted by Crippen LogP contribution is -2.61. The number of aromatic amines is 1. The zero-order chi connectivity index (χ0) is 15.3. The normalized spacial score (nSPS) is 28.0. The van der Waals surface area contributed by atoms with E-state index in [0.717, 1.165) is 30.7 Å². The Kier molecular flexibility index (Phi) is 3.67. The van der Waals surface area contributed by atoms with Gasteiger partial charge in [-0.15, -0.1) is 0 Å². The lowest BCUT2D eigenvalue weighted by molar-refractivity contribution is -0.798. The van der Waals surface area contributed by atoms with Crippen LogP contribution in [0.5, 0.6) is 0 Å². The van der Waals surface area contributed by atoms with E-state index in [1.165, 1.54) is 6.42 Å². The molecule has 0 spiro atoms. The van der Waals surface area contributed by atoms with Crippen molar-refractivity contribution in [1.82, 2.24) is 5.10 Å². The van der Waals surface area contributed by atoms with Gasteiger partial charge in [-0.2, -0.15) is 5.10 Å². The van der Waals surface area contributed by atoms with Gasteiger partial charge in [0.1, 0.15) is 0 Å². The molecule has 3 heterocycles. The van der Waals surface area contributed by atoms with E-state index in [1.54, 1.807) is 0 Å². The lowest BCUT2D eigenvalue weighted by Gasteiger charge is -2.32. The minimum absolute atomic E-state index is 0.0569. The van der Waals surface area contributed by atoms with E-state index in [1.807, 2.05) is 6.92 Å². The molecule has 0 bridgehead atoms. The van der Waals surface area contributed by atoms with Gasteiger partial charge in [0.2, 0.25) is 5.59 Å². The Hall–Kier alpha value is -0.845. The topological polar surface area (TPSA) is 47.4 Å². The Labute approximate surface area is 127 Å². The fourth-order valence-electron chi connectivity index (χ4n) is 2.89. The number of H-pyrrole nitrogens is 1. The summed E-state index contributed by atoms with van der Waals surface area (Å²) in [6.07, 6.45) is 3.42. The molecule has 116 valence electrons. The molecule has 0 amide bonds. The van der Waals surface area contributed by atoms with E-state index >= 15 is 0 Å². The Balaban J connectivity index is 1.89. The van der Waals surface area contributed by atoms with Gasteiger partial charge in [0.15, 0.2) is 0 Å². The van der Waals surface area contributed by atoms with Gasteiger partial charge >= 0.3 is 7.12 Å². The van der Waals surface area contributed by atoms with Crippen LogP contribution in [-0.4, -0.2) is 30.0 Å². The van der Waals surface area contributed by atoms with Gasteiger partial charge in [0.25, 0.3) is 6.23 Å². The molecule has 0 aromatic carbocycles. The highest BCUT2D eigenvalue weighted by molar-refractivity contribution is 6.60. The number of hydrogen-bond acceptors (Lipinski definition) is 3. The highest BCUT2D eigenvalue weighted by atomic mass is 16.7. The minimum atomic E-state index is -0.356. The van der Waals surface area contributed by atoms with Gasteiger partial charge in [-0.1, -0.05) is 4.68 Å². The summed E-state index contributed by atoms with van der Waals surface area (Å²) < 4.78 is 20.3. The monoisotopic (exact) mass is 293 g/mol. The van der Waals surface area contributed by atoms with E-state index in [4.69, 9.17) is 14.0 Å². The van der Waals surface area contributed by atoms with Crippen LogP contribution >= 0.6 is 0 Å². The Bertz CT molecular complexity index is 505. The van der Waals surface area contributed by atoms with E-state index in [9.17, 15) is 0 Å². The number of ether oxygens (including phenoxy) is 1. The van der Waals surface area contributed by atoms with Crippen LogP contribution in [0.25, 0.3) is 0 Å². The van der Waals surface area contributed by atoms with Gasteiger partial charge < -0.3 is 14.0 Å². The number of hydrogen-bond donors (Lipinski definition) is 1. The number of aromatic nitrogens is 2. The zero-order valence-corrected chi connectivity index (χ0v) is 13.7. The van der Waals surface area contributed by atoms with Crippen molar-refractivity contribution in [1.29, 1.82) is 0 Å². The maximum absolute atomic E-state index is 6.18. The van der Waals surface area contributed by atoms with Crippen molar-refractivity contribution in [3.05, 3.63) is 11.8 Å². The molecule has 21 heavy (non-hydrogen) atoms. The Morgan fingerprint density at radius 1 is 1.19 bits per heavy atom. The second-order valence-corrected chi connectivity index (χ2v) is 7.14. The predicted octanol–water partition coefficient (Wildman–Crippen LogP) is 1.61. The van der Waals surface area contributed by atoms with Gasteiger partial charge in [0, 0.05) is 12.5 Å². The summed E-state index contributed by atoms with van der Waals surface area (Å²) in [7, 11) is -0.356. The minimum Gasteiger partial charge on any atom is -0.395 e. The van der Waals surface area contributed by atoms with Crippen molar-refractivity contribution in [2.75, 3.05) is 6.61 Å². The second-order valence-electron chi connectivity index (χ2n) is 7.14. The third-order valence-electron chi connectivity index (χ3n) is 4.88. The molecule has 2 aliphatic heterocycles. The average Bonchev–Trinajstić information content (AvgIpc) is 2.89. The third-order valence-corrected chi connectivity index (χ3v) is 4.88. The van der Waals surface area contributed by atoms with Gasteiger partial charge in [-0.25, -0.2) is 0 Å². The number of aryl methyl sites for hydroxylation is 1. The van der Waals surface area contributed by atoms with Gasteiger partial charge in [-0.05, 0) is 47.5 Å². The number of nitrogens with zero attached hydrogens (tertiary/aromatic N) is 1. The summed E-state index contributed by atoms with van der Waals surface area (Å²) >= 11 is 0. The quantitative estimate of drug-likeness (QED) is 0.665. The maximum Gasteiger partial charge on any atom is 0.570 e. The smallest absolute Gasteiger partial charge is 0.395 e. The molecule has 0 radical (unpaired) electrons. The first-order valence-corrected chi connectivity index (χ1v) is 7.88. The molecule has 6 heteroatoms. The molecule has 2 saturated heterocycles. The fourth-order valence-corrected chi connectivity index (χ4v) is 2.89. The number of nitrogens with one attached hydrogen (secondary N) is 1. The molecule has 3 rings (SSSR count). The highest BCUT2D eigenvalue weighted by Gasteiger charge is 2.56. The summed E-state index contributed by atoms with van der Waals surface area (Å²) in [5.41, 5.74) is 1.45. The molecule has 1 aromatic rings. The van der Waals surface area contributed by atoms with Crippen molar-refractivity contribution < 1.29 is 18.7 Å². The molecular formula is C15H26BN2O3+. The summed E-state index contributed by atoms with van der Waals surface area (Å²) in [5, 5.41) is 3.38. The predicted molar refractivity (Wildman–Crippen MR) is 80.3 cm³/mol. The first-order valence-electron chi connectivity index (χ1n) is 7.88. The lowest BCUT2D eigenvalue weighted by atomic mass is 9.84. The Morgan fingerprint density at radius 3 is 2.43 bits per heavy atom. The van der Waals surface area contributed by atoms with E-state index in [-0.39, 0.29) is 24.5 Å². The number of rotatable bonds is 2. The van der Waals surface area contributed by atoms with Gasteiger partial charge in [0.05, 0.1) is 23.5 Å². The summed E-state index contributed by atoms with van der Waals surface area (Å²) in [5.74, 6) is 0. The van der Waals surface area contributed by atoms with Crippen LogP contribution in [0.3, 0.4) is 0 Å². The van der Waals surface area contributed by atoms with Crippen LogP contribution in [0.1, 0.15) is 58.9 Å². The molecule has 1 N–H and O–H groups in total. The van der Waals surface area contributed by atoms with Crippen molar-refractivity contribution in [3.63, 3.8) is 0 Å². The van der Waals surface area contributed by atoms with Crippen molar-refractivity contribution in [2.24, 2.45) is 0 Å². The van der Waals surface area contributed by atoms with Crippen molar-refractivity contribution in [3.8, 4) is 0 Å². The maximum atomic E-state index is 6.18. The van der Waals surface area contributed by atoms with Gasteiger partial charge in [-0.3, -0.25) is 0 Å². The second kappa shape index (κ2) is 5.11. The first kappa shape index (κ1) is 15.1. The van der Waals surface area contributed by atoms with E-state index in [2.05, 4.69) is 43.5 Å². The summed E-state index contributed by atoms with van der Waals surface area (Å²) in [6.45, 7) is 11.2. The molecule has 2 aliphatic rings. The van der Waals surface area contributed by atoms with Crippen LogP contribution < -0.4 is 10.3 Å². The van der Waals surface area contributed by atoms with Crippen molar-refractivity contribution >= 4 is 12.7 Å². The summed E-state index contributed by atoms with van der Waals surface area (Å²) in [4.78, 5) is 0. The standard InChI is InChI=1S/C15H25BN2O3/c1-11-10-12(16-20-14(2,3)15(4,5)21-16)18(17-11)13-8-6-7-9-19-13/h10,13H,6-9H2,1-5H3/p+1. The van der Waals surface area contributed by atoms with Crippen LogP contribution in [0.15, 0.2) is 6.07 Å². The Morgan fingerprint density at radius 2 is 1.86 bits per heavy atom. The summed E-state index contributed by atoms with van der Waals surface area (Å²) in [6, 6.07) is 2.10. The third kappa shape index (κ3) is 2.65. The van der Waals surface area contributed by atoms with E-state index in [0.29, 0.717) is 0 Å². The molecule has 2 fully saturated rings. The largest absolute Gasteiger partial charge is 0.570 e. The van der Waals surface area contributed by atoms with Crippen molar-refractivity contribution in [2.45, 2.75) is 71.3 Å². The molecule has 5 nitrogen and oxygen atoms in total. The molecule has 0 aliphatic carbocycles. The fraction of sp³-hybridized carbons (Fsp3) is 0.800. The molecule has 1 unspecified atom stereocenters. The van der Waals surface area contributed by atoms with E-state index < -0.39 is 0 Å². The molecule has 0 saturated carbocycles. The first-order chi connectivity index (χ1) is 9.80. The zero-order valence-electron chi connectivity index (χ0n) is 13.7. The SMILES string of the molecule is Cc1cc(B2OC(C)(C)C(C)(C)O2)[n+](C2CCCCO2)[nH]1. The van der Waals surface area contributed by atoms with Crippen LogP contribution in [0.2, 0.25) is 0 Å². The molecular weight excluding hydrogens is 267 g/mol. The average molecular weight is 293 g/mol. The van der Waals surface area contributed by atoms with Crippen LogP contribution in [0, 0.1) is 6.92 Å². The molecule has 1 aromatic heterocycles.